The zero-order chi connectivity index (χ0) is 8.23. The summed E-state index contributed by atoms with van der Waals surface area (Å²) in [6, 6.07) is 0. The maximum Gasteiger partial charge on any atom is 0.0886 e. The first-order valence-electron chi connectivity index (χ1n) is 4.25. The highest BCUT2D eigenvalue weighted by Gasteiger charge is 2.10. The van der Waals surface area contributed by atoms with Gasteiger partial charge in [-0.3, -0.25) is 20.7 Å². The highest BCUT2D eigenvalue weighted by atomic mass is 15.7. The van der Waals surface area contributed by atoms with Crippen molar-refractivity contribution in [2.24, 2.45) is 0 Å². The van der Waals surface area contributed by atoms with Crippen LogP contribution in [0.25, 0.3) is 0 Å². The number of hydrogen-bond donors (Lipinski definition) is 2. The number of hydrazine groups is 1. The first-order chi connectivity index (χ1) is 5.97. The van der Waals surface area contributed by atoms with E-state index >= 15 is 0 Å². The fourth-order valence-electron chi connectivity index (χ4n) is 1.33. The fraction of sp³-hybridized carbons (Fsp3) is 0.500. The van der Waals surface area contributed by atoms with Crippen LogP contribution in [0, 0.1) is 0 Å². The van der Waals surface area contributed by atoms with Crippen molar-refractivity contribution in [2.75, 3.05) is 26.4 Å². The van der Waals surface area contributed by atoms with Crippen LogP contribution in [0.2, 0.25) is 0 Å². The van der Waals surface area contributed by atoms with Gasteiger partial charge in [-0.25, -0.2) is 0 Å². The Labute approximate surface area is 72.5 Å². The Morgan fingerprint density at radius 2 is 1.33 bits per heavy atom. The van der Waals surface area contributed by atoms with Gasteiger partial charge in [-0.1, -0.05) is 12.2 Å². The predicted octanol–water partition coefficient (Wildman–Crippen LogP) is -0.346. The Morgan fingerprint density at radius 1 is 0.833 bits per heavy atom. The molecule has 0 fully saturated rings. The monoisotopic (exact) mass is 166 g/mol. The van der Waals surface area contributed by atoms with Gasteiger partial charge in [0.2, 0.25) is 0 Å². The lowest BCUT2D eigenvalue weighted by atomic mass is 10.5. The van der Waals surface area contributed by atoms with E-state index in [2.05, 4.69) is 45.2 Å². The molecule has 2 aliphatic heterocycles. The van der Waals surface area contributed by atoms with Crippen LogP contribution in [0.1, 0.15) is 0 Å². The second-order valence-corrected chi connectivity index (χ2v) is 2.87. The van der Waals surface area contributed by atoms with Gasteiger partial charge in [0.1, 0.15) is 0 Å². The molecule has 0 aromatic heterocycles. The zero-order valence-corrected chi connectivity index (χ0v) is 7.03. The van der Waals surface area contributed by atoms with E-state index < -0.39 is 0 Å². The molecule has 0 aromatic carbocycles. The minimum absolute atomic E-state index is 0.891. The summed E-state index contributed by atoms with van der Waals surface area (Å²) in [4.78, 5) is 0. The number of nitrogens with zero attached hydrogens (tertiary/aromatic N) is 2. The van der Waals surface area contributed by atoms with Crippen molar-refractivity contribution in [3.8, 4) is 0 Å². The summed E-state index contributed by atoms with van der Waals surface area (Å²) in [5.41, 5.74) is 0. The molecule has 12 heavy (non-hydrogen) atoms. The summed E-state index contributed by atoms with van der Waals surface area (Å²) in [6.07, 6.45) is 8.44. The smallest absolute Gasteiger partial charge is 0.0886 e. The van der Waals surface area contributed by atoms with E-state index in [0.29, 0.717) is 0 Å². The van der Waals surface area contributed by atoms with Crippen molar-refractivity contribution in [3.05, 3.63) is 24.6 Å². The molecule has 4 heteroatoms. The number of nitrogens with one attached hydrogen (secondary N) is 2. The molecule has 0 aliphatic carbocycles. The van der Waals surface area contributed by atoms with Gasteiger partial charge >= 0.3 is 0 Å². The molecule has 0 unspecified atom stereocenters. The Morgan fingerprint density at radius 3 is 1.67 bits per heavy atom. The van der Waals surface area contributed by atoms with Crippen molar-refractivity contribution in [1.29, 1.82) is 0 Å². The number of rotatable bonds is 1. The van der Waals surface area contributed by atoms with E-state index in [1.54, 1.807) is 0 Å². The largest absolute Gasteiger partial charge is 0.295 e. The zero-order valence-electron chi connectivity index (χ0n) is 7.03. The first-order valence-corrected chi connectivity index (χ1v) is 4.25. The van der Waals surface area contributed by atoms with Gasteiger partial charge in [-0.2, -0.15) is 0 Å². The normalized spacial score (nSPS) is 23.3. The van der Waals surface area contributed by atoms with E-state index in [-0.39, 0.29) is 0 Å². The van der Waals surface area contributed by atoms with Crippen molar-refractivity contribution in [2.45, 2.75) is 0 Å². The third-order valence-corrected chi connectivity index (χ3v) is 1.96. The molecule has 0 bridgehead atoms. The molecule has 2 rings (SSSR count). The Bertz CT molecular complexity index is 177. The minimum Gasteiger partial charge on any atom is -0.295 e. The van der Waals surface area contributed by atoms with Crippen LogP contribution in [0.3, 0.4) is 0 Å². The molecule has 4 nitrogen and oxygen atoms in total. The molecule has 2 aliphatic rings. The predicted molar refractivity (Wildman–Crippen MR) is 47.7 cm³/mol. The van der Waals surface area contributed by atoms with E-state index in [0.717, 1.165) is 26.4 Å². The molecular formula is C8H14N4. The lowest BCUT2D eigenvalue weighted by Crippen LogP contribution is -2.48. The summed E-state index contributed by atoms with van der Waals surface area (Å²) >= 11 is 0. The Balaban J connectivity index is 1.97. The van der Waals surface area contributed by atoms with Crippen LogP contribution in [0.5, 0.6) is 0 Å². The molecule has 0 aromatic rings. The fourth-order valence-corrected chi connectivity index (χ4v) is 1.33. The molecule has 2 heterocycles. The highest BCUT2D eigenvalue weighted by Crippen LogP contribution is 2.02. The maximum absolute atomic E-state index is 3.27. The molecule has 0 saturated heterocycles. The first kappa shape index (κ1) is 7.64. The van der Waals surface area contributed by atoms with Gasteiger partial charge in [0, 0.05) is 25.5 Å². The second-order valence-electron chi connectivity index (χ2n) is 2.87. The van der Waals surface area contributed by atoms with Crippen LogP contribution < -0.4 is 10.6 Å². The SMILES string of the molecule is C1=CN(N2C=CCNC2)CNC1. The molecular weight excluding hydrogens is 152 g/mol. The molecule has 0 atom stereocenters. The van der Waals surface area contributed by atoms with Crippen molar-refractivity contribution < 1.29 is 0 Å². The van der Waals surface area contributed by atoms with Gasteiger partial charge in [-0.15, -0.1) is 0 Å². The van der Waals surface area contributed by atoms with E-state index in [1.807, 2.05) is 0 Å². The lowest BCUT2D eigenvalue weighted by Gasteiger charge is -2.36. The minimum atomic E-state index is 0.891. The average molecular weight is 166 g/mol. The molecule has 66 valence electrons. The summed E-state index contributed by atoms with van der Waals surface area (Å²) < 4.78 is 0. The number of hydrogen-bond acceptors (Lipinski definition) is 4. The van der Waals surface area contributed by atoms with Gasteiger partial charge in [0.15, 0.2) is 0 Å². The summed E-state index contributed by atoms with van der Waals surface area (Å²) in [7, 11) is 0. The Hall–Kier alpha value is -1.00. The van der Waals surface area contributed by atoms with Crippen molar-refractivity contribution >= 4 is 0 Å². The van der Waals surface area contributed by atoms with Gasteiger partial charge in [-0.05, 0) is 0 Å². The standard InChI is InChI=1S/C8H14N4/c1-3-9-7-11(5-1)12-6-2-4-10-8-12/h1-2,5-6,9-10H,3-4,7-8H2. The van der Waals surface area contributed by atoms with Crippen LogP contribution in [-0.4, -0.2) is 36.4 Å². The lowest BCUT2D eigenvalue weighted by molar-refractivity contribution is 0.0505. The van der Waals surface area contributed by atoms with Crippen LogP contribution in [-0.2, 0) is 0 Å². The molecule has 0 radical (unpaired) electrons. The van der Waals surface area contributed by atoms with Gasteiger partial charge in [0.05, 0.1) is 13.3 Å². The van der Waals surface area contributed by atoms with Gasteiger partial charge < -0.3 is 0 Å². The average Bonchev–Trinajstić information content (AvgIpc) is 2.21. The molecule has 0 spiro atoms. The maximum atomic E-state index is 3.27. The highest BCUT2D eigenvalue weighted by molar-refractivity contribution is 4.93. The van der Waals surface area contributed by atoms with E-state index in [1.165, 1.54) is 0 Å². The molecule has 0 amide bonds. The van der Waals surface area contributed by atoms with Crippen LogP contribution in [0.15, 0.2) is 24.6 Å². The van der Waals surface area contributed by atoms with Crippen LogP contribution >= 0.6 is 0 Å². The quantitative estimate of drug-likeness (QED) is 0.557. The Kier molecular flexibility index (Phi) is 2.29. The van der Waals surface area contributed by atoms with Crippen LogP contribution in [0.4, 0.5) is 0 Å². The second kappa shape index (κ2) is 3.60. The summed E-state index contributed by atoms with van der Waals surface area (Å²) in [5, 5.41) is 10.8. The third kappa shape index (κ3) is 1.60. The molecule has 2 N–H and O–H groups in total. The topological polar surface area (TPSA) is 30.5 Å². The third-order valence-electron chi connectivity index (χ3n) is 1.96. The summed E-state index contributed by atoms with van der Waals surface area (Å²) in [5.74, 6) is 0. The van der Waals surface area contributed by atoms with E-state index in [4.69, 9.17) is 0 Å². The molecule has 0 saturated carbocycles. The van der Waals surface area contributed by atoms with Crippen molar-refractivity contribution in [3.63, 3.8) is 0 Å². The van der Waals surface area contributed by atoms with E-state index in [9.17, 15) is 0 Å². The van der Waals surface area contributed by atoms with Gasteiger partial charge in [0.25, 0.3) is 0 Å². The summed E-state index contributed by atoms with van der Waals surface area (Å²) in [6.45, 7) is 3.73. The van der Waals surface area contributed by atoms with Crippen molar-refractivity contribution in [1.82, 2.24) is 20.7 Å².